The molecule has 0 saturated heterocycles. The van der Waals surface area contributed by atoms with E-state index < -0.39 is 0 Å². The number of allylic oxidation sites excluding steroid dienone is 4. The van der Waals surface area contributed by atoms with Gasteiger partial charge in [0.25, 0.3) is 0 Å². The van der Waals surface area contributed by atoms with Gasteiger partial charge in [-0.05, 0) is 26.2 Å². The second kappa shape index (κ2) is 9.48. The highest BCUT2D eigenvalue weighted by molar-refractivity contribution is 4.86. The maximum absolute atomic E-state index is 2.30. The first-order chi connectivity index (χ1) is 5.41. The maximum atomic E-state index is 2.30. The molecule has 0 aliphatic heterocycles. The van der Waals surface area contributed by atoms with E-state index in [1.165, 1.54) is 32.1 Å². The smallest absolute Gasteiger partial charge is 0.0316 e. The lowest BCUT2D eigenvalue weighted by Gasteiger charge is -1.88. The van der Waals surface area contributed by atoms with E-state index in [1.54, 1.807) is 0 Å². The van der Waals surface area contributed by atoms with Crippen LogP contribution in [0.25, 0.3) is 0 Å². The van der Waals surface area contributed by atoms with Gasteiger partial charge in [0, 0.05) is 0 Å². The van der Waals surface area contributed by atoms with Crippen molar-refractivity contribution in [1.29, 1.82) is 0 Å². The number of rotatable bonds is 6. The summed E-state index contributed by atoms with van der Waals surface area (Å²) in [6, 6.07) is 0. The van der Waals surface area contributed by atoms with Crippen molar-refractivity contribution in [1.82, 2.24) is 0 Å². The van der Waals surface area contributed by atoms with Crippen molar-refractivity contribution in [2.75, 3.05) is 0 Å². The Morgan fingerprint density at radius 3 is 2.18 bits per heavy atom. The van der Waals surface area contributed by atoms with Crippen LogP contribution in [-0.4, -0.2) is 0 Å². The van der Waals surface area contributed by atoms with Crippen LogP contribution >= 0.6 is 0 Å². The lowest BCUT2D eigenvalue weighted by atomic mass is 10.2. The summed E-state index contributed by atoms with van der Waals surface area (Å²) in [6.45, 7) is 4.30. The van der Waals surface area contributed by atoms with Crippen LogP contribution in [0.3, 0.4) is 0 Å². The Morgan fingerprint density at radius 1 is 0.909 bits per heavy atom. The van der Waals surface area contributed by atoms with Gasteiger partial charge in [0.15, 0.2) is 0 Å². The molecule has 0 atom stereocenters. The second-order valence-electron chi connectivity index (χ2n) is 2.76. The third-order valence-electron chi connectivity index (χ3n) is 1.63. The highest BCUT2D eigenvalue weighted by Gasteiger charge is 1.77. The predicted molar refractivity (Wildman–Crippen MR) is 52.7 cm³/mol. The summed E-state index contributed by atoms with van der Waals surface area (Å²) in [5.74, 6) is 0. The molecule has 0 radical (unpaired) electrons. The van der Waals surface area contributed by atoms with Gasteiger partial charge in [-0.25, -0.2) is 0 Å². The molecule has 0 amide bonds. The van der Waals surface area contributed by atoms with Crippen LogP contribution in [0.5, 0.6) is 0 Å². The summed E-state index contributed by atoms with van der Waals surface area (Å²) in [4.78, 5) is 0. The maximum Gasteiger partial charge on any atom is -0.0316 e. The van der Waals surface area contributed by atoms with Gasteiger partial charge in [-0.2, -0.15) is 0 Å². The zero-order valence-electron chi connectivity index (χ0n) is 7.84. The average Bonchev–Trinajstić information content (AvgIpc) is 2.03. The van der Waals surface area contributed by atoms with E-state index >= 15 is 0 Å². The monoisotopic (exact) mass is 152 g/mol. The van der Waals surface area contributed by atoms with Crippen LogP contribution < -0.4 is 0 Å². The zero-order chi connectivity index (χ0) is 8.36. The normalized spacial score (nSPS) is 11.8. The van der Waals surface area contributed by atoms with E-state index in [1.807, 2.05) is 0 Å². The molecule has 0 unspecified atom stereocenters. The standard InChI is InChI=1S/C11H20/c1-3-5-7-9-11-10-8-6-4-2/h3,5,10-11H,4,6-9H2,1-2H3/b5-3+,11-10+. The Labute approximate surface area is 71.0 Å². The molecule has 0 rings (SSSR count). The molecule has 64 valence electrons. The van der Waals surface area contributed by atoms with Gasteiger partial charge in [0.05, 0.1) is 0 Å². The largest absolute Gasteiger partial charge is 0.0917 e. The summed E-state index contributed by atoms with van der Waals surface area (Å²) >= 11 is 0. The third-order valence-corrected chi connectivity index (χ3v) is 1.63. The second-order valence-corrected chi connectivity index (χ2v) is 2.76. The molecule has 0 aliphatic rings. The Hall–Kier alpha value is -0.520. The van der Waals surface area contributed by atoms with Gasteiger partial charge in [0.2, 0.25) is 0 Å². The number of hydrogen-bond donors (Lipinski definition) is 0. The van der Waals surface area contributed by atoms with Gasteiger partial charge in [-0.1, -0.05) is 44.1 Å². The molecular formula is C11H20. The Morgan fingerprint density at radius 2 is 1.55 bits per heavy atom. The zero-order valence-corrected chi connectivity index (χ0v) is 7.84. The first-order valence-electron chi connectivity index (χ1n) is 4.68. The van der Waals surface area contributed by atoms with Gasteiger partial charge in [-0.3, -0.25) is 0 Å². The van der Waals surface area contributed by atoms with Crippen molar-refractivity contribution in [3.8, 4) is 0 Å². The first-order valence-corrected chi connectivity index (χ1v) is 4.68. The number of hydrogen-bond acceptors (Lipinski definition) is 0. The summed E-state index contributed by atoms with van der Waals surface area (Å²) in [6.07, 6.45) is 15.2. The summed E-state index contributed by atoms with van der Waals surface area (Å²) in [5.41, 5.74) is 0. The molecule has 0 spiro atoms. The third kappa shape index (κ3) is 9.48. The molecule has 0 saturated carbocycles. The molecule has 0 fully saturated rings. The van der Waals surface area contributed by atoms with Gasteiger partial charge < -0.3 is 0 Å². The van der Waals surface area contributed by atoms with Crippen molar-refractivity contribution in [3.05, 3.63) is 24.3 Å². The molecule has 0 N–H and O–H groups in total. The molecule has 0 aromatic heterocycles. The molecular weight excluding hydrogens is 132 g/mol. The molecule has 0 aromatic carbocycles. The fourth-order valence-electron chi connectivity index (χ4n) is 0.917. The molecule has 0 bridgehead atoms. The quantitative estimate of drug-likeness (QED) is 0.397. The fraction of sp³-hybridized carbons (Fsp3) is 0.636. The van der Waals surface area contributed by atoms with Crippen LogP contribution in [0.15, 0.2) is 24.3 Å². The van der Waals surface area contributed by atoms with Crippen molar-refractivity contribution in [2.24, 2.45) is 0 Å². The molecule has 0 heteroatoms. The van der Waals surface area contributed by atoms with Crippen molar-refractivity contribution in [3.63, 3.8) is 0 Å². The van der Waals surface area contributed by atoms with E-state index in [0.717, 1.165) is 0 Å². The van der Waals surface area contributed by atoms with Crippen molar-refractivity contribution >= 4 is 0 Å². The minimum absolute atomic E-state index is 1.19. The van der Waals surface area contributed by atoms with E-state index in [4.69, 9.17) is 0 Å². The molecule has 0 aromatic rings. The lowest BCUT2D eigenvalue weighted by Crippen LogP contribution is -1.68. The van der Waals surface area contributed by atoms with Gasteiger partial charge in [-0.15, -0.1) is 0 Å². The summed E-state index contributed by atoms with van der Waals surface area (Å²) in [5, 5.41) is 0. The van der Waals surface area contributed by atoms with E-state index in [2.05, 4.69) is 38.2 Å². The Bertz CT molecular complexity index is 109. The highest BCUT2D eigenvalue weighted by atomic mass is 13.8. The SMILES string of the molecule is C/C=C/CC/C=C/CCCC. The average molecular weight is 152 g/mol. The Kier molecular flexibility index (Phi) is 9.03. The molecule has 0 aliphatic carbocycles. The molecule has 0 heterocycles. The van der Waals surface area contributed by atoms with Crippen LogP contribution in [0.1, 0.15) is 46.0 Å². The minimum Gasteiger partial charge on any atom is -0.0917 e. The van der Waals surface area contributed by atoms with Crippen molar-refractivity contribution < 1.29 is 0 Å². The topological polar surface area (TPSA) is 0 Å². The van der Waals surface area contributed by atoms with Gasteiger partial charge in [0.1, 0.15) is 0 Å². The summed E-state index contributed by atoms with van der Waals surface area (Å²) < 4.78 is 0. The van der Waals surface area contributed by atoms with Gasteiger partial charge >= 0.3 is 0 Å². The fourth-order valence-corrected chi connectivity index (χ4v) is 0.917. The summed E-state index contributed by atoms with van der Waals surface area (Å²) in [7, 11) is 0. The minimum atomic E-state index is 1.19. The molecule has 0 nitrogen and oxygen atoms in total. The van der Waals surface area contributed by atoms with E-state index in [0.29, 0.717) is 0 Å². The van der Waals surface area contributed by atoms with Crippen LogP contribution in [0.4, 0.5) is 0 Å². The van der Waals surface area contributed by atoms with Crippen LogP contribution in [-0.2, 0) is 0 Å². The van der Waals surface area contributed by atoms with Crippen LogP contribution in [0.2, 0.25) is 0 Å². The van der Waals surface area contributed by atoms with Crippen molar-refractivity contribution in [2.45, 2.75) is 46.0 Å². The molecule has 11 heavy (non-hydrogen) atoms. The highest BCUT2D eigenvalue weighted by Crippen LogP contribution is 1.98. The Balaban J connectivity index is 3.03. The van der Waals surface area contributed by atoms with E-state index in [9.17, 15) is 0 Å². The van der Waals surface area contributed by atoms with Crippen LogP contribution in [0, 0.1) is 0 Å². The van der Waals surface area contributed by atoms with E-state index in [-0.39, 0.29) is 0 Å². The first kappa shape index (κ1) is 10.5. The lowest BCUT2D eigenvalue weighted by molar-refractivity contribution is 0.811. The number of unbranched alkanes of at least 4 members (excludes halogenated alkanes) is 3. The predicted octanol–water partition coefficient (Wildman–Crippen LogP) is 4.09.